The van der Waals surface area contributed by atoms with Crippen LogP contribution in [0, 0.1) is 19.8 Å². The molecular formula is C13H22N2S. The van der Waals surface area contributed by atoms with E-state index < -0.39 is 0 Å². The second-order valence-corrected chi connectivity index (χ2v) is 6.06. The van der Waals surface area contributed by atoms with Crippen molar-refractivity contribution in [2.75, 3.05) is 6.54 Å². The molecule has 1 aromatic heterocycles. The van der Waals surface area contributed by atoms with E-state index in [2.05, 4.69) is 31.1 Å². The largest absolute Gasteiger partial charge is 0.309 e. The molecule has 1 heterocycles. The third-order valence-corrected chi connectivity index (χ3v) is 4.69. The Morgan fingerprint density at radius 2 is 2.19 bits per heavy atom. The Hall–Kier alpha value is -0.410. The maximum absolute atomic E-state index is 4.54. The molecule has 0 aromatic carbocycles. The first kappa shape index (κ1) is 12.1. The van der Waals surface area contributed by atoms with Gasteiger partial charge < -0.3 is 5.32 Å². The van der Waals surface area contributed by atoms with Crippen LogP contribution in [0.4, 0.5) is 0 Å². The van der Waals surface area contributed by atoms with Crippen LogP contribution < -0.4 is 5.32 Å². The third kappa shape index (κ3) is 2.64. The Morgan fingerprint density at radius 1 is 1.44 bits per heavy atom. The fourth-order valence-electron chi connectivity index (χ4n) is 2.46. The SMILES string of the molecule is CCNC(CC1CCC1)c1sc(C)nc1C. The minimum Gasteiger partial charge on any atom is -0.309 e. The number of hydrogen-bond donors (Lipinski definition) is 1. The van der Waals surface area contributed by atoms with Crippen molar-refractivity contribution in [1.29, 1.82) is 0 Å². The molecule has 1 aliphatic rings. The highest BCUT2D eigenvalue weighted by atomic mass is 32.1. The van der Waals surface area contributed by atoms with Crippen molar-refractivity contribution in [3.05, 3.63) is 15.6 Å². The van der Waals surface area contributed by atoms with Gasteiger partial charge in [0, 0.05) is 10.9 Å². The Morgan fingerprint density at radius 3 is 2.62 bits per heavy atom. The molecule has 0 aliphatic heterocycles. The summed E-state index contributed by atoms with van der Waals surface area (Å²) >= 11 is 1.87. The van der Waals surface area contributed by atoms with Gasteiger partial charge in [0.15, 0.2) is 0 Å². The van der Waals surface area contributed by atoms with Crippen LogP contribution in [0.1, 0.15) is 54.2 Å². The van der Waals surface area contributed by atoms with Crippen LogP contribution in [-0.2, 0) is 0 Å². The van der Waals surface area contributed by atoms with E-state index in [1.54, 1.807) is 0 Å². The van der Waals surface area contributed by atoms with Crippen molar-refractivity contribution in [3.8, 4) is 0 Å². The highest BCUT2D eigenvalue weighted by molar-refractivity contribution is 7.11. The van der Waals surface area contributed by atoms with Crippen LogP contribution in [0.3, 0.4) is 0 Å². The Labute approximate surface area is 102 Å². The lowest BCUT2D eigenvalue weighted by atomic mass is 9.80. The summed E-state index contributed by atoms with van der Waals surface area (Å²) in [6.45, 7) is 7.49. The van der Waals surface area contributed by atoms with E-state index in [0.29, 0.717) is 6.04 Å². The van der Waals surface area contributed by atoms with Gasteiger partial charge in [-0.25, -0.2) is 4.98 Å². The quantitative estimate of drug-likeness (QED) is 0.848. The Kier molecular flexibility index (Phi) is 3.98. The molecule has 1 N–H and O–H groups in total. The molecule has 0 radical (unpaired) electrons. The molecule has 16 heavy (non-hydrogen) atoms. The fourth-order valence-corrected chi connectivity index (χ4v) is 3.48. The summed E-state index contributed by atoms with van der Waals surface area (Å²) < 4.78 is 0. The maximum atomic E-state index is 4.54. The van der Waals surface area contributed by atoms with Gasteiger partial charge in [-0.2, -0.15) is 0 Å². The molecule has 90 valence electrons. The summed E-state index contributed by atoms with van der Waals surface area (Å²) in [7, 11) is 0. The van der Waals surface area contributed by atoms with Crippen molar-refractivity contribution in [2.45, 2.75) is 52.5 Å². The van der Waals surface area contributed by atoms with E-state index >= 15 is 0 Å². The predicted molar refractivity (Wildman–Crippen MR) is 70.0 cm³/mol. The van der Waals surface area contributed by atoms with Gasteiger partial charge >= 0.3 is 0 Å². The van der Waals surface area contributed by atoms with Gasteiger partial charge in [0.25, 0.3) is 0 Å². The Bertz CT molecular complexity index is 342. The normalized spacial score (nSPS) is 18.4. The first-order valence-electron chi connectivity index (χ1n) is 6.38. The molecule has 1 atom stereocenters. The molecule has 1 aliphatic carbocycles. The monoisotopic (exact) mass is 238 g/mol. The van der Waals surface area contributed by atoms with Crippen molar-refractivity contribution in [3.63, 3.8) is 0 Å². The lowest BCUT2D eigenvalue weighted by Gasteiger charge is -2.29. The van der Waals surface area contributed by atoms with E-state index in [-0.39, 0.29) is 0 Å². The van der Waals surface area contributed by atoms with Crippen molar-refractivity contribution in [1.82, 2.24) is 10.3 Å². The predicted octanol–water partition coefficient (Wildman–Crippen LogP) is 3.60. The lowest BCUT2D eigenvalue weighted by molar-refractivity contribution is 0.263. The standard InChI is InChI=1S/C13H22N2S/c1-4-14-12(8-11-6-5-7-11)13-9(2)15-10(3)16-13/h11-12,14H,4-8H2,1-3H3. The van der Waals surface area contributed by atoms with Crippen LogP contribution in [0.15, 0.2) is 0 Å². The van der Waals surface area contributed by atoms with Crippen LogP contribution >= 0.6 is 11.3 Å². The highest BCUT2D eigenvalue weighted by Crippen LogP contribution is 2.37. The maximum Gasteiger partial charge on any atom is 0.0900 e. The molecule has 2 nitrogen and oxygen atoms in total. The lowest BCUT2D eigenvalue weighted by Crippen LogP contribution is -2.25. The molecule has 0 bridgehead atoms. The number of hydrogen-bond acceptors (Lipinski definition) is 3. The minimum absolute atomic E-state index is 0.543. The summed E-state index contributed by atoms with van der Waals surface area (Å²) in [5.74, 6) is 0.950. The molecule has 1 fully saturated rings. The molecule has 0 saturated heterocycles. The van der Waals surface area contributed by atoms with Crippen molar-refractivity contribution in [2.24, 2.45) is 5.92 Å². The zero-order chi connectivity index (χ0) is 11.5. The third-order valence-electron chi connectivity index (χ3n) is 3.50. The fraction of sp³-hybridized carbons (Fsp3) is 0.769. The summed E-state index contributed by atoms with van der Waals surface area (Å²) in [6.07, 6.45) is 5.60. The molecular weight excluding hydrogens is 216 g/mol. The van der Waals surface area contributed by atoms with E-state index in [4.69, 9.17) is 0 Å². The van der Waals surface area contributed by atoms with Gasteiger partial charge in [0.1, 0.15) is 0 Å². The number of nitrogens with one attached hydrogen (secondary N) is 1. The van der Waals surface area contributed by atoms with Crippen LogP contribution in [0.2, 0.25) is 0 Å². The minimum atomic E-state index is 0.543. The van der Waals surface area contributed by atoms with Crippen LogP contribution in [0.25, 0.3) is 0 Å². The molecule has 0 amide bonds. The van der Waals surface area contributed by atoms with Crippen LogP contribution in [-0.4, -0.2) is 11.5 Å². The van der Waals surface area contributed by atoms with E-state index in [1.807, 2.05) is 11.3 Å². The summed E-state index contributed by atoms with van der Waals surface area (Å²) in [5, 5.41) is 4.82. The zero-order valence-corrected chi connectivity index (χ0v) is 11.4. The topological polar surface area (TPSA) is 24.9 Å². The van der Waals surface area contributed by atoms with Gasteiger partial charge in [-0.3, -0.25) is 0 Å². The molecule has 3 heteroatoms. The molecule has 1 saturated carbocycles. The second kappa shape index (κ2) is 5.28. The van der Waals surface area contributed by atoms with Gasteiger partial charge in [0.2, 0.25) is 0 Å². The second-order valence-electron chi connectivity index (χ2n) is 4.83. The van der Waals surface area contributed by atoms with Gasteiger partial charge in [-0.1, -0.05) is 26.2 Å². The molecule has 1 aromatic rings. The zero-order valence-electron chi connectivity index (χ0n) is 10.5. The van der Waals surface area contributed by atoms with E-state index in [0.717, 1.165) is 12.5 Å². The molecule has 0 spiro atoms. The summed E-state index contributed by atoms with van der Waals surface area (Å²) in [6, 6.07) is 0.543. The van der Waals surface area contributed by atoms with Gasteiger partial charge in [-0.05, 0) is 32.7 Å². The molecule has 2 rings (SSSR count). The van der Waals surface area contributed by atoms with Crippen molar-refractivity contribution >= 4 is 11.3 Å². The smallest absolute Gasteiger partial charge is 0.0900 e. The number of rotatable bonds is 5. The number of thiazole rings is 1. The summed E-state index contributed by atoms with van der Waals surface area (Å²) in [5.41, 5.74) is 1.23. The molecule has 1 unspecified atom stereocenters. The summed E-state index contributed by atoms with van der Waals surface area (Å²) in [4.78, 5) is 6.01. The van der Waals surface area contributed by atoms with Crippen molar-refractivity contribution < 1.29 is 0 Å². The number of nitrogens with zero attached hydrogens (tertiary/aromatic N) is 1. The average molecular weight is 238 g/mol. The Balaban J connectivity index is 2.07. The average Bonchev–Trinajstić information content (AvgIpc) is 2.49. The van der Waals surface area contributed by atoms with Gasteiger partial charge in [0.05, 0.1) is 10.7 Å². The van der Waals surface area contributed by atoms with E-state index in [1.165, 1.54) is 41.3 Å². The van der Waals surface area contributed by atoms with Gasteiger partial charge in [-0.15, -0.1) is 11.3 Å². The number of aromatic nitrogens is 1. The van der Waals surface area contributed by atoms with Crippen LogP contribution in [0.5, 0.6) is 0 Å². The first-order valence-corrected chi connectivity index (χ1v) is 7.19. The first-order chi connectivity index (χ1) is 7.70. The van der Waals surface area contributed by atoms with E-state index in [9.17, 15) is 0 Å². The highest BCUT2D eigenvalue weighted by Gasteiger charge is 2.24. The number of aryl methyl sites for hydroxylation is 2.